The Hall–Kier alpha value is -4.30. The molecule has 2 heterocycles. The highest BCUT2D eigenvalue weighted by Crippen LogP contribution is 2.44. The first kappa shape index (κ1) is 27.3. The Morgan fingerprint density at radius 2 is 1.68 bits per heavy atom. The number of amides is 1. The van der Waals surface area contributed by atoms with Crippen molar-refractivity contribution in [1.82, 2.24) is 9.97 Å². The van der Waals surface area contributed by atoms with Gasteiger partial charge in [-0.05, 0) is 47.2 Å². The van der Waals surface area contributed by atoms with Gasteiger partial charge in [-0.3, -0.25) is 14.5 Å². The van der Waals surface area contributed by atoms with Gasteiger partial charge in [-0.1, -0.05) is 62.7 Å². The van der Waals surface area contributed by atoms with Gasteiger partial charge < -0.3 is 19.6 Å². The molecule has 1 saturated heterocycles. The van der Waals surface area contributed by atoms with E-state index in [9.17, 15) is 14.7 Å². The van der Waals surface area contributed by atoms with E-state index >= 15 is 0 Å². The SMILES string of the molecule is COc1cc(OC)c(/C(O)=C2\C(=O)C(=O)N(c3nc4ccc(C)cc4[nH]3)C2c2ccc(C(C)(C)C)cc2)cc1Cl. The number of H-pyrrole nitrogens is 1. The Labute approximate surface area is 237 Å². The van der Waals surface area contributed by atoms with E-state index in [4.69, 9.17) is 21.1 Å². The maximum Gasteiger partial charge on any atom is 0.302 e. The molecule has 2 N–H and O–H groups in total. The fourth-order valence-corrected chi connectivity index (χ4v) is 5.19. The number of ketones is 1. The number of aromatic amines is 1. The zero-order valence-corrected chi connectivity index (χ0v) is 23.9. The first-order valence-electron chi connectivity index (χ1n) is 12.7. The predicted octanol–water partition coefficient (Wildman–Crippen LogP) is 6.47. The Morgan fingerprint density at radius 3 is 2.30 bits per heavy atom. The molecule has 1 atom stereocenters. The number of aryl methyl sites for hydroxylation is 1. The van der Waals surface area contributed by atoms with Gasteiger partial charge in [0.05, 0.1) is 47.5 Å². The fraction of sp³-hybridized carbons (Fsp3) is 0.258. The monoisotopic (exact) mass is 559 g/mol. The smallest absolute Gasteiger partial charge is 0.302 e. The van der Waals surface area contributed by atoms with Crippen LogP contribution in [0.15, 0.2) is 60.2 Å². The van der Waals surface area contributed by atoms with Gasteiger partial charge in [0.2, 0.25) is 5.95 Å². The maximum absolute atomic E-state index is 13.6. The molecule has 0 radical (unpaired) electrons. The van der Waals surface area contributed by atoms with Crippen LogP contribution >= 0.6 is 11.6 Å². The summed E-state index contributed by atoms with van der Waals surface area (Å²) >= 11 is 6.38. The summed E-state index contributed by atoms with van der Waals surface area (Å²) in [6, 6.07) is 15.3. The summed E-state index contributed by atoms with van der Waals surface area (Å²) < 4.78 is 10.8. The van der Waals surface area contributed by atoms with E-state index in [1.807, 2.05) is 49.4 Å². The highest BCUT2D eigenvalue weighted by atomic mass is 35.5. The molecule has 1 amide bonds. The van der Waals surface area contributed by atoms with Crippen LogP contribution in [0.3, 0.4) is 0 Å². The number of aliphatic hydroxyl groups is 1. The number of carbonyl (C=O) groups is 2. The van der Waals surface area contributed by atoms with Crippen LogP contribution in [-0.4, -0.2) is 41.0 Å². The van der Waals surface area contributed by atoms with Gasteiger partial charge in [0, 0.05) is 6.07 Å². The van der Waals surface area contributed by atoms with E-state index < -0.39 is 23.5 Å². The Balaban J connectivity index is 1.75. The molecule has 3 aromatic carbocycles. The Bertz CT molecular complexity index is 1680. The number of ether oxygens (including phenoxy) is 2. The molecule has 40 heavy (non-hydrogen) atoms. The van der Waals surface area contributed by atoms with Crippen molar-refractivity contribution in [3.05, 3.63) is 87.4 Å². The van der Waals surface area contributed by atoms with E-state index in [0.717, 1.165) is 16.6 Å². The second-order valence-corrected chi connectivity index (χ2v) is 11.2. The number of rotatable bonds is 5. The molecule has 0 spiro atoms. The summed E-state index contributed by atoms with van der Waals surface area (Å²) in [6.07, 6.45) is 0. The van der Waals surface area contributed by atoms with Gasteiger partial charge in [0.25, 0.3) is 5.78 Å². The van der Waals surface area contributed by atoms with Crippen LogP contribution < -0.4 is 14.4 Å². The number of nitrogens with zero attached hydrogens (tertiary/aromatic N) is 2. The van der Waals surface area contributed by atoms with Gasteiger partial charge in [0.15, 0.2) is 0 Å². The predicted molar refractivity (Wildman–Crippen MR) is 155 cm³/mol. The molecule has 0 bridgehead atoms. The molecule has 1 aliphatic rings. The van der Waals surface area contributed by atoms with Gasteiger partial charge in [0.1, 0.15) is 17.3 Å². The van der Waals surface area contributed by atoms with Crippen LogP contribution in [0.4, 0.5) is 5.95 Å². The van der Waals surface area contributed by atoms with Crippen LogP contribution in [0.1, 0.15) is 49.1 Å². The molecule has 4 aromatic rings. The number of nitrogens with one attached hydrogen (secondary N) is 1. The molecule has 1 aromatic heterocycles. The molecule has 0 saturated carbocycles. The number of Topliss-reactive ketones (excluding diaryl/α,β-unsaturated/α-hetero) is 1. The molecule has 0 aliphatic carbocycles. The number of halogens is 1. The number of hydrogen-bond donors (Lipinski definition) is 2. The summed E-state index contributed by atoms with van der Waals surface area (Å²) in [4.78, 5) is 36.4. The standard InChI is InChI=1S/C31H30ClN3O5/c1-16-7-12-21-22(13-16)34-30(33-21)35-26(17-8-10-18(11-9-17)31(2,3)4)25(28(37)29(35)38)27(36)19-14-20(32)24(40-6)15-23(19)39-5/h7-15,26,36H,1-6H3,(H,33,34)/b27-25+. The number of anilines is 1. The van der Waals surface area contributed by atoms with E-state index in [-0.39, 0.29) is 33.3 Å². The number of methoxy groups -OCH3 is 2. The van der Waals surface area contributed by atoms with Crippen LogP contribution in [-0.2, 0) is 15.0 Å². The summed E-state index contributed by atoms with van der Waals surface area (Å²) in [5.74, 6) is -1.33. The molecule has 5 rings (SSSR count). The Kier molecular flexibility index (Phi) is 6.84. The highest BCUT2D eigenvalue weighted by Gasteiger charge is 2.48. The summed E-state index contributed by atoms with van der Waals surface area (Å²) in [5.41, 5.74) is 4.04. The molecule has 8 nitrogen and oxygen atoms in total. The second-order valence-electron chi connectivity index (χ2n) is 10.8. The number of aromatic nitrogens is 2. The van der Waals surface area contributed by atoms with Gasteiger partial charge in [-0.2, -0.15) is 0 Å². The van der Waals surface area contributed by atoms with Gasteiger partial charge in [-0.25, -0.2) is 4.98 Å². The largest absolute Gasteiger partial charge is 0.507 e. The zero-order chi connectivity index (χ0) is 28.9. The zero-order valence-electron chi connectivity index (χ0n) is 23.1. The van der Waals surface area contributed by atoms with E-state index in [1.54, 1.807) is 0 Å². The molecule has 1 unspecified atom stereocenters. The Morgan fingerprint density at radius 1 is 1.00 bits per heavy atom. The number of hydrogen-bond acceptors (Lipinski definition) is 6. The number of fused-ring (bicyclic) bond motifs is 1. The topological polar surface area (TPSA) is 105 Å². The number of carbonyl (C=O) groups excluding carboxylic acids is 2. The third kappa shape index (κ3) is 4.58. The van der Waals surface area contributed by atoms with Crippen molar-refractivity contribution >= 4 is 46.0 Å². The minimum absolute atomic E-state index is 0.107. The first-order valence-corrected chi connectivity index (χ1v) is 13.1. The minimum Gasteiger partial charge on any atom is -0.507 e. The number of aliphatic hydroxyl groups excluding tert-OH is 1. The normalized spacial score (nSPS) is 17.1. The van der Waals surface area contributed by atoms with Crippen molar-refractivity contribution in [3.63, 3.8) is 0 Å². The number of imidazole rings is 1. The van der Waals surface area contributed by atoms with Crippen molar-refractivity contribution < 1.29 is 24.2 Å². The average molecular weight is 560 g/mol. The molecule has 206 valence electrons. The van der Waals surface area contributed by atoms with E-state index in [0.29, 0.717) is 16.8 Å². The van der Waals surface area contributed by atoms with Crippen LogP contribution in [0, 0.1) is 6.92 Å². The van der Waals surface area contributed by atoms with Crippen molar-refractivity contribution in [2.45, 2.75) is 39.2 Å². The second kappa shape index (κ2) is 10.0. The summed E-state index contributed by atoms with van der Waals surface area (Å²) in [5, 5.41) is 11.8. The van der Waals surface area contributed by atoms with Crippen LogP contribution in [0.2, 0.25) is 5.02 Å². The van der Waals surface area contributed by atoms with E-state index in [1.165, 1.54) is 31.3 Å². The molecule has 1 fully saturated rings. The molecular weight excluding hydrogens is 530 g/mol. The van der Waals surface area contributed by atoms with Crippen molar-refractivity contribution in [1.29, 1.82) is 0 Å². The molecule has 1 aliphatic heterocycles. The molecular formula is C31H30ClN3O5. The third-order valence-corrected chi connectivity index (χ3v) is 7.41. The maximum atomic E-state index is 13.6. The lowest BCUT2D eigenvalue weighted by Gasteiger charge is -2.25. The molecule has 9 heteroatoms. The van der Waals surface area contributed by atoms with Crippen LogP contribution in [0.5, 0.6) is 11.5 Å². The quantitative estimate of drug-likeness (QED) is 0.165. The van der Waals surface area contributed by atoms with Crippen molar-refractivity contribution in [2.75, 3.05) is 19.1 Å². The lowest BCUT2D eigenvalue weighted by Crippen LogP contribution is -2.30. The van der Waals surface area contributed by atoms with Gasteiger partial charge >= 0.3 is 5.91 Å². The third-order valence-electron chi connectivity index (χ3n) is 7.12. The first-order chi connectivity index (χ1) is 18.9. The summed E-state index contributed by atoms with van der Waals surface area (Å²) in [7, 11) is 2.89. The van der Waals surface area contributed by atoms with Crippen molar-refractivity contribution in [2.24, 2.45) is 0 Å². The van der Waals surface area contributed by atoms with Crippen LogP contribution in [0.25, 0.3) is 16.8 Å². The summed E-state index contributed by atoms with van der Waals surface area (Å²) in [6.45, 7) is 8.26. The lowest BCUT2D eigenvalue weighted by atomic mass is 9.85. The number of benzene rings is 3. The minimum atomic E-state index is -0.971. The van der Waals surface area contributed by atoms with E-state index in [2.05, 4.69) is 30.7 Å². The lowest BCUT2D eigenvalue weighted by molar-refractivity contribution is -0.132. The highest BCUT2D eigenvalue weighted by molar-refractivity contribution is 6.51. The fourth-order valence-electron chi connectivity index (χ4n) is 4.95. The van der Waals surface area contributed by atoms with Crippen molar-refractivity contribution in [3.8, 4) is 11.5 Å². The average Bonchev–Trinajstić information content (AvgIpc) is 3.45. The van der Waals surface area contributed by atoms with Gasteiger partial charge in [-0.15, -0.1) is 0 Å².